The van der Waals surface area contributed by atoms with Gasteiger partial charge in [0.1, 0.15) is 0 Å². The molecule has 1 atom stereocenters. The van der Waals surface area contributed by atoms with Crippen LogP contribution >= 0.6 is 0 Å². The van der Waals surface area contributed by atoms with Crippen molar-refractivity contribution >= 4 is 0 Å². The third-order valence-corrected chi connectivity index (χ3v) is 4.77. The smallest absolute Gasteiger partial charge is 0.0191 e. The van der Waals surface area contributed by atoms with Crippen LogP contribution in [-0.4, -0.2) is 61.7 Å². The van der Waals surface area contributed by atoms with Gasteiger partial charge >= 0.3 is 0 Å². The summed E-state index contributed by atoms with van der Waals surface area (Å²) in [6.45, 7) is 8.67. The molecule has 106 valence electrons. The Morgan fingerprint density at radius 3 is 2.33 bits per heavy atom. The molecule has 1 saturated heterocycles. The third-order valence-electron chi connectivity index (χ3n) is 4.77. The average molecular weight is 253 g/mol. The molecule has 1 aliphatic carbocycles. The van der Waals surface area contributed by atoms with Crippen LogP contribution in [0, 0.1) is 0 Å². The van der Waals surface area contributed by atoms with Crippen LogP contribution in [0.15, 0.2) is 0 Å². The minimum atomic E-state index is 0.688. The Hall–Kier alpha value is -0.120. The second-order valence-corrected chi connectivity index (χ2v) is 6.05. The second kappa shape index (κ2) is 7.46. The van der Waals surface area contributed by atoms with Gasteiger partial charge in [-0.3, -0.25) is 9.80 Å². The van der Waals surface area contributed by atoms with Crippen molar-refractivity contribution in [2.75, 3.05) is 39.8 Å². The summed E-state index contributed by atoms with van der Waals surface area (Å²) >= 11 is 0. The van der Waals surface area contributed by atoms with Gasteiger partial charge in [0.05, 0.1) is 0 Å². The molecular formula is C15H31N3. The topological polar surface area (TPSA) is 18.5 Å². The lowest BCUT2D eigenvalue weighted by Gasteiger charge is -2.39. The monoisotopic (exact) mass is 253 g/mol. The highest BCUT2D eigenvalue weighted by molar-refractivity contribution is 4.83. The molecule has 0 aromatic carbocycles. The first-order valence-electron chi connectivity index (χ1n) is 7.97. The van der Waals surface area contributed by atoms with Gasteiger partial charge in [0.2, 0.25) is 0 Å². The first-order valence-corrected chi connectivity index (χ1v) is 7.97. The predicted octanol–water partition coefficient (Wildman–Crippen LogP) is 1.93. The molecule has 0 bridgehead atoms. The maximum atomic E-state index is 3.46. The van der Waals surface area contributed by atoms with Gasteiger partial charge in [-0.2, -0.15) is 0 Å². The molecule has 0 aromatic rings. The number of hydrogen-bond acceptors (Lipinski definition) is 3. The Morgan fingerprint density at radius 2 is 1.78 bits per heavy atom. The molecule has 1 unspecified atom stereocenters. The fourth-order valence-corrected chi connectivity index (χ4v) is 3.57. The second-order valence-electron chi connectivity index (χ2n) is 6.05. The van der Waals surface area contributed by atoms with E-state index in [1.54, 1.807) is 0 Å². The number of rotatable bonds is 6. The summed E-state index contributed by atoms with van der Waals surface area (Å²) < 4.78 is 0. The van der Waals surface area contributed by atoms with E-state index in [9.17, 15) is 0 Å². The lowest BCUT2D eigenvalue weighted by atomic mass is 10.1. The van der Waals surface area contributed by atoms with Crippen molar-refractivity contribution in [3.05, 3.63) is 0 Å². The molecule has 2 rings (SSSR count). The molecule has 0 spiro atoms. The summed E-state index contributed by atoms with van der Waals surface area (Å²) in [5.74, 6) is 0. The molecule has 3 nitrogen and oxygen atoms in total. The lowest BCUT2D eigenvalue weighted by Crippen LogP contribution is -2.52. The van der Waals surface area contributed by atoms with E-state index < -0.39 is 0 Å². The molecule has 1 heterocycles. The molecule has 1 saturated carbocycles. The number of piperazine rings is 1. The molecular weight excluding hydrogens is 222 g/mol. The largest absolute Gasteiger partial charge is 0.316 e. The summed E-state index contributed by atoms with van der Waals surface area (Å²) in [7, 11) is 2.11. The average Bonchev–Trinajstić information content (AvgIpc) is 2.93. The van der Waals surface area contributed by atoms with Gasteiger partial charge in [0.15, 0.2) is 0 Å². The number of nitrogens with one attached hydrogen (secondary N) is 1. The van der Waals surface area contributed by atoms with Gasteiger partial charge in [-0.25, -0.2) is 0 Å². The van der Waals surface area contributed by atoms with E-state index in [2.05, 4.69) is 29.1 Å². The summed E-state index contributed by atoms with van der Waals surface area (Å²) in [6.07, 6.45) is 8.42. The highest BCUT2D eigenvalue weighted by Gasteiger charge is 2.26. The standard InChI is InChI=1S/C15H31N3/c1-3-6-14(16-2)13-17-9-11-18(12-10-17)15-7-4-5-8-15/h14-16H,3-13H2,1-2H3. The van der Waals surface area contributed by atoms with Crippen molar-refractivity contribution in [1.29, 1.82) is 0 Å². The molecule has 2 fully saturated rings. The van der Waals surface area contributed by atoms with Gasteiger partial charge < -0.3 is 5.32 Å². The van der Waals surface area contributed by atoms with Gasteiger partial charge in [-0.15, -0.1) is 0 Å². The normalized spacial score (nSPS) is 25.7. The highest BCUT2D eigenvalue weighted by atomic mass is 15.3. The van der Waals surface area contributed by atoms with Crippen LogP contribution in [-0.2, 0) is 0 Å². The van der Waals surface area contributed by atoms with Crippen LogP contribution in [0.5, 0.6) is 0 Å². The van der Waals surface area contributed by atoms with Gasteiger partial charge in [-0.05, 0) is 26.3 Å². The van der Waals surface area contributed by atoms with Crippen LogP contribution in [0.25, 0.3) is 0 Å². The van der Waals surface area contributed by atoms with Gasteiger partial charge in [-0.1, -0.05) is 26.2 Å². The molecule has 0 amide bonds. The van der Waals surface area contributed by atoms with Crippen molar-refractivity contribution in [2.45, 2.75) is 57.5 Å². The molecule has 0 radical (unpaired) electrons. The molecule has 18 heavy (non-hydrogen) atoms. The highest BCUT2D eigenvalue weighted by Crippen LogP contribution is 2.24. The Kier molecular flexibility index (Phi) is 5.93. The van der Waals surface area contributed by atoms with Gasteiger partial charge in [0, 0.05) is 44.8 Å². The van der Waals surface area contributed by atoms with E-state index in [4.69, 9.17) is 0 Å². The zero-order valence-corrected chi connectivity index (χ0v) is 12.3. The molecule has 3 heteroatoms. The summed E-state index contributed by atoms with van der Waals surface area (Å²) in [5.41, 5.74) is 0. The van der Waals surface area contributed by atoms with E-state index >= 15 is 0 Å². The number of hydrogen-bond donors (Lipinski definition) is 1. The Bertz CT molecular complexity index is 218. The summed E-state index contributed by atoms with van der Waals surface area (Å²) in [6, 6.07) is 1.61. The van der Waals surface area contributed by atoms with Gasteiger partial charge in [0.25, 0.3) is 0 Å². The summed E-state index contributed by atoms with van der Waals surface area (Å²) in [5, 5.41) is 3.46. The van der Waals surface area contributed by atoms with E-state index in [0.717, 1.165) is 6.04 Å². The molecule has 0 aromatic heterocycles. The lowest BCUT2D eigenvalue weighted by molar-refractivity contribution is 0.0912. The van der Waals surface area contributed by atoms with Crippen LogP contribution in [0.4, 0.5) is 0 Å². The zero-order chi connectivity index (χ0) is 12.8. The number of nitrogens with zero attached hydrogens (tertiary/aromatic N) is 2. The van der Waals surface area contributed by atoms with Crippen molar-refractivity contribution < 1.29 is 0 Å². The zero-order valence-electron chi connectivity index (χ0n) is 12.3. The first kappa shape index (κ1) is 14.3. The van der Waals surface area contributed by atoms with Crippen LogP contribution in [0.2, 0.25) is 0 Å². The maximum absolute atomic E-state index is 3.46. The van der Waals surface area contributed by atoms with Crippen molar-refractivity contribution in [2.24, 2.45) is 0 Å². The minimum absolute atomic E-state index is 0.688. The predicted molar refractivity (Wildman–Crippen MR) is 78.0 cm³/mol. The molecule has 2 aliphatic rings. The van der Waals surface area contributed by atoms with Crippen molar-refractivity contribution in [3.63, 3.8) is 0 Å². The van der Waals surface area contributed by atoms with Crippen LogP contribution in [0.1, 0.15) is 45.4 Å². The molecule has 1 N–H and O–H groups in total. The van der Waals surface area contributed by atoms with E-state index in [1.165, 1.54) is 71.2 Å². The van der Waals surface area contributed by atoms with Crippen LogP contribution < -0.4 is 5.32 Å². The maximum Gasteiger partial charge on any atom is 0.0191 e. The van der Waals surface area contributed by atoms with Crippen molar-refractivity contribution in [1.82, 2.24) is 15.1 Å². The van der Waals surface area contributed by atoms with E-state index in [0.29, 0.717) is 6.04 Å². The Labute approximate surface area is 113 Å². The summed E-state index contributed by atoms with van der Waals surface area (Å²) in [4.78, 5) is 5.40. The fraction of sp³-hybridized carbons (Fsp3) is 1.00. The van der Waals surface area contributed by atoms with Crippen molar-refractivity contribution in [3.8, 4) is 0 Å². The SMILES string of the molecule is CCCC(CN1CCN(C2CCCC2)CC1)NC. The fourth-order valence-electron chi connectivity index (χ4n) is 3.57. The quantitative estimate of drug-likeness (QED) is 0.780. The molecule has 1 aliphatic heterocycles. The Morgan fingerprint density at radius 1 is 1.11 bits per heavy atom. The first-order chi connectivity index (χ1) is 8.83. The van der Waals surface area contributed by atoms with E-state index in [-0.39, 0.29) is 0 Å². The third kappa shape index (κ3) is 3.94. The number of likely N-dealkylation sites (N-methyl/N-ethyl adjacent to an activating group) is 1. The van der Waals surface area contributed by atoms with E-state index in [1.807, 2.05) is 0 Å². The van der Waals surface area contributed by atoms with Crippen LogP contribution in [0.3, 0.4) is 0 Å². The minimum Gasteiger partial charge on any atom is -0.316 e. The Balaban J connectivity index is 1.69.